The molecule has 6 nitrogen and oxygen atoms in total. The number of nitrogen functional groups attached to an aromatic ring is 1. The van der Waals surface area contributed by atoms with Gasteiger partial charge in [0.2, 0.25) is 0 Å². The largest absolute Gasteiger partial charge is 0.505 e. The summed E-state index contributed by atoms with van der Waals surface area (Å²) in [6, 6.07) is 23.5. The molecule has 3 N–H and O–H groups in total. The van der Waals surface area contributed by atoms with Crippen molar-refractivity contribution < 1.29 is 5.11 Å². The molecule has 0 atom stereocenters. The SMILES string of the molecule is Cc1cccc(/N=N/c2ccc(/N=N/c3ccc4c(C)cc(C)c(N)c4c3O)c3ccc(C)cc23)c1. The van der Waals surface area contributed by atoms with Crippen LogP contribution in [-0.4, -0.2) is 5.11 Å². The highest BCUT2D eigenvalue weighted by Crippen LogP contribution is 2.42. The molecule has 36 heavy (non-hydrogen) atoms. The Balaban J connectivity index is 1.57. The van der Waals surface area contributed by atoms with Gasteiger partial charge >= 0.3 is 0 Å². The molecule has 5 aromatic carbocycles. The van der Waals surface area contributed by atoms with E-state index in [2.05, 4.69) is 26.5 Å². The van der Waals surface area contributed by atoms with Gasteiger partial charge in [0.25, 0.3) is 0 Å². The van der Waals surface area contributed by atoms with Gasteiger partial charge in [-0.1, -0.05) is 42.0 Å². The number of rotatable bonds is 4. The third-order valence-corrected chi connectivity index (χ3v) is 6.38. The number of phenolic OH excluding ortho intramolecular Hbond substituents is 1. The molecule has 178 valence electrons. The molecule has 0 aliphatic rings. The molecular formula is C30H27N5O. The predicted molar refractivity (Wildman–Crippen MR) is 148 cm³/mol. The maximum Gasteiger partial charge on any atom is 0.153 e. The number of aromatic hydroxyl groups is 1. The van der Waals surface area contributed by atoms with E-state index in [-0.39, 0.29) is 5.75 Å². The van der Waals surface area contributed by atoms with Crippen LogP contribution in [0.5, 0.6) is 5.75 Å². The zero-order chi connectivity index (χ0) is 25.4. The molecule has 5 aromatic rings. The number of benzene rings is 5. The molecule has 0 aliphatic carbocycles. The van der Waals surface area contributed by atoms with E-state index in [0.717, 1.165) is 49.8 Å². The zero-order valence-electron chi connectivity index (χ0n) is 20.7. The summed E-state index contributed by atoms with van der Waals surface area (Å²) in [5, 5.41) is 32.2. The van der Waals surface area contributed by atoms with Crippen LogP contribution in [-0.2, 0) is 0 Å². The van der Waals surface area contributed by atoms with Gasteiger partial charge in [-0.15, -0.1) is 15.3 Å². The van der Waals surface area contributed by atoms with Gasteiger partial charge in [0.1, 0.15) is 5.69 Å². The van der Waals surface area contributed by atoms with Gasteiger partial charge in [0, 0.05) is 21.8 Å². The lowest BCUT2D eigenvalue weighted by Gasteiger charge is -2.12. The van der Waals surface area contributed by atoms with Crippen molar-refractivity contribution in [2.24, 2.45) is 20.5 Å². The summed E-state index contributed by atoms with van der Waals surface area (Å²) in [4.78, 5) is 0. The summed E-state index contributed by atoms with van der Waals surface area (Å²) in [7, 11) is 0. The fraction of sp³-hybridized carbons (Fsp3) is 0.133. The topological polar surface area (TPSA) is 95.7 Å². The Kier molecular flexibility index (Phi) is 5.94. The summed E-state index contributed by atoms with van der Waals surface area (Å²) >= 11 is 0. The Hall–Kier alpha value is -4.58. The number of hydrogen-bond acceptors (Lipinski definition) is 6. The van der Waals surface area contributed by atoms with Gasteiger partial charge in [0.05, 0.1) is 17.1 Å². The quantitative estimate of drug-likeness (QED) is 0.201. The summed E-state index contributed by atoms with van der Waals surface area (Å²) < 4.78 is 0. The maximum atomic E-state index is 11.0. The van der Waals surface area contributed by atoms with Crippen LogP contribution in [0.2, 0.25) is 0 Å². The van der Waals surface area contributed by atoms with Crippen molar-refractivity contribution in [3.05, 3.63) is 95.1 Å². The monoisotopic (exact) mass is 473 g/mol. The fourth-order valence-corrected chi connectivity index (χ4v) is 4.45. The number of fused-ring (bicyclic) bond motifs is 2. The van der Waals surface area contributed by atoms with Gasteiger partial charge in [-0.2, -0.15) is 5.11 Å². The minimum Gasteiger partial charge on any atom is -0.505 e. The third kappa shape index (κ3) is 4.29. The first-order chi connectivity index (χ1) is 17.3. The average molecular weight is 474 g/mol. The number of nitrogens with two attached hydrogens (primary N) is 1. The molecule has 0 amide bonds. The Bertz CT molecular complexity index is 1700. The van der Waals surface area contributed by atoms with Gasteiger partial charge in [-0.25, -0.2) is 0 Å². The van der Waals surface area contributed by atoms with E-state index in [0.29, 0.717) is 22.4 Å². The highest BCUT2D eigenvalue weighted by Gasteiger charge is 2.13. The standard InChI is InChI=1S/C30H27N5O/c1-17-6-5-7-21(14-17)32-33-26-13-12-25(23-9-8-18(2)15-24(23)26)34-35-27-11-10-22-19(3)16-20(4)29(31)28(22)30(27)36/h5-16,36H,31H2,1-4H3/b33-32+,35-34+. The van der Waals surface area contributed by atoms with Gasteiger partial charge < -0.3 is 10.8 Å². The first-order valence-corrected chi connectivity index (χ1v) is 11.8. The molecule has 0 aromatic heterocycles. The highest BCUT2D eigenvalue weighted by molar-refractivity contribution is 6.03. The number of azo groups is 2. The van der Waals surface area contributed by atoms with Gasteiger partial charge in [0.15, 0.2) is 5.75 Å². The van der Waals surface area contributed by atoms with Crippen LogP contribution in [0.3, 0.4) is 0 Å². The van der Waals surface area contributed by atoms with Crippen LogP contribution in [0, 0.1) is 27.7 Å². The zero-order valence-corrected chi connectivity index (χ0v) is 20.7. The van der Waals surface area contributed by atoms with Crippen molar-refractivity contribution in [1.29, 1.82) is 0 Å². The number of hydrogen-bond donors (Lipinski definition) is 2. The lowest BCUT2D eigenvalue weighted by molar-refractivity contribution is 0.483. The van der Waals surface area contributed by atoms with E-state index >= 15 is 0 Å². The first-order valence-electron chi connectivity index (χ1n) is 11.8. The van der Waals surface area contributed by atoms with Crippen LogP contribution >= 0.6 is 0 Å². The molecule has 0 unspecified atom stereocenters. The normalized spacial score (nSPS) is 11.9. The second kappa shape index (κ2) is 9.23. The van der Waals surface area contributed by atoms with Crippen molar-refractivity contribution in [2.75, 3.05) is 5.73 Å². The highest BCUT2D eigenvalue weighted by atomic mass is 16.3. The Morgan fingerprint density at radius 3 is 2.00 bits per heavy atom. The second-order valence-electron chi connectivity index (χ2n) is 9.17. The van der Waals surface area contributed by atoms with Crippen molar-refractivity contribution in [2.45, 2.75) is 27.7 Å². The van der Waals surface area contributed by atoms with Crippen LogP contribution in [0.4, 0.5) is 28.4 Å². The van der Waals surface area contributed by atoms with Crippen LogP contribution in [0.1, 0.15) is 22.3 Å². The van der Waals surface area contributed by atoms with Crippen molar-refractivity contribution in [3.8, 4) is 5.75 Å². The van der Waals surface area contributed by atoms with Crippen molar-refractivity contribution in [1.82, 2.24) is 0 Å². The maximum absolute atomic E-state index is 11.0. The third-order valence-electron chi connectivity index (χ3n) is 6.38. The minimum absolute atomic E-state index is 0.0317. The smallest absolute Gasteiger partial charge is 0.153 e. The number of anilines is 1. The lowest BCUT2D eigenvalue weighted by atomic mass is 9.98. The van der Waals surface area contributed by atoms with Crippen LogP contribution < -0.4 is 5.73 Å². The summed E-state index contributed by atoms with van der Waals surface area (Å²) in [5.41, 5.74) is 13.6. The molecule has 0 bridgehead atoms. The minimum atomic E-state index is 0.0317. The lowest BCUT2D eigenvalue weighted by Crippen LogP contribution is -1.93. The van der Waals surface area contributed by atoms with Crippen LogP contribution in [0.15, 0.2) is 93.3 Å². The van der Waals surface area contributed by atoms with Crippen LogP contribution in [0.25, 0.3) is 21.5 Å². The first kappa shape index (κ1) is 23.2. The Labute approximate surface area is 209 Å². The number of phenols is 1. The molecule has 0 aliphatic heterocycles. The molecule has 0 saturated heterocycles. The Morgan fingerprint density at radius 2 is 1.22 bits per heavy atom. The van der Waals surface area contributed by atoms with E-state index in [9.17, 15) is 5.11 Å². The average Bonchev–Trinajstić information content (AvgIpc) is 2.85. The van der Waals surface area contributed by atoms with Gasteiger partial charge in [-0.3, -0.25) is 0 Å². The molecule has 0 heterocycles. The molecule has 0 fully saturated rings. The molecule has 0 saturated carbocycles. The van der Waals surface area contributed by atoms with Gasteiger partial charge in [-0.05, 0) is 86.2 Å². The predicted octanol–water partition coefficient (Wildman–Crippen LogP) is 9.35. The fourth-order valence-electron chi connectivity index (χ4n) is 4.45. The molecule has 0 radical (unpaired) electrons. The van der Waals surface area contributed by atoms with Crippen molar-refractivity contribution >= 4 is 50.0 Å². The molecule has 0 spiro atoms. The van der Waals surface area contributed by atoms with E-state index < -0.39 is 0 Å². The van der Waals surface area contributed by atoms with E-state index in [1.165, 1.54) is 0 Å². The second-order valence-corrected chi connectivity index (χ2v) is 9.17. The summed E-state index contributed by atoms with van der Waals surface area (Å²) in [6.07, 6.45) is 0. The summed E-state index contributed by atoms with van der Waals surface area (Å²) in [5.74, 6) is 0.0317. The number of nitrogens with zero attached hydrogens (tertiary/aromatic N) is 4. The molecule has 5 rings (SSSR count). The van der Waals surface area contributed by atoms with E-state index in [4.69, 9.17) is 5.73 Å². The van der Waals surface area contributed by atoms with E-state index in [1.807, 2.05) is 88.4 Å². The summed E-state index contributed by atoms with van der Waals surface area (Å²) in [6.45, 7) is 8.00. The Morgan fingerprint density at radius 1 is 0.583 bits per heavy atom. The molecular weight excluding hydrogens is 446 g/mol. The molecule has 6 heteroatoms. The van der Waals surface area contributed by atoms with E-state index in [1.54, 1.807) is 6.07 Å². The van der Waals surface area contributed by atoms with Crippen molar-refractivity contribution in [3.63, 3.8) is 0 Å². The number of aryl methyl sites for hydroxylation is 4.